The average Bonchev–Trinajstić information content (AvgIpc) is 2.65. The first-order valence-corrected chi connectivity index (χ1v) is 9.25. The maximum atomic E-state index is 12.3. The molecule has 9 heteroatoms. The summed E-state index contributed by atoms with van der Waals surface area (Å²) in [5, 5.41) is 12.8. The summed E-state index contributed by atoms with van der Waals surface area (Å²) in [6, 6.07) is 12.1. The molecule has 0 atom stereocenters. The van der Waals surface area contributed by atoms with Gasteiger partial charge in [0.15, 0.2) is 0 Å². The molecule has 0 spiro atoms. The molecule has 8 nitrogen and oxygen atoms in total. The molecule has 0 aliphatic rings. The summed E-state index contributed by atoms with van der Waals surface area (Å²) < 4.78 is 5.86. The van der Waals surface area contributed by atoms with Crippen molar-refractivity contribution in [3.05, 3.63) is 86.0 Å². The van der Waals surface area contributed by atoms with E-state index in [1.54, 1.807) is 31.2 Å². The maximum absolute atomic E-state index is 12.3. The first-order chi connectivity index (χ1) is 13.8. The van der Waals surface area contributed by atoms with Gasteiger partial charge in [-0.2, -0.15) is 0 Å². The van der Waals surface area contributed by atoms with Crippen molar-refractivity contribution in [2.24, 2.45) is 0 Å². The number of benzene rings is 2. The monoisotopic (exact) mass is 457 g/mol. The van der Waals surface area contributed by atoms with Gasteiger partial charge in [-0.3, -0.25) is 9.59 Å². The highest BCUT2D eigenvalue weighted by molar-refractivity contribution is 9.10. The van der Waals surface area contributed by atoms with E-state index in [-0.39, 0.29) is 35.1 Å². The number of nitrogens with one attached hydrogen (secondary N) is 2. The standard InChI is InChI=1S/C20H16BrN3O5/c1-11-22-15(9-18(26)23-11)10-29-20(28)16-6-5-14(8-17(16)25)24-19(27)12-3-2-4-13(21)7-12/h2-9,25H,10H2,1H3,(H,24,27)(H,22,23,26). The Morgan fingerprint density at radius 1 is 1.21 bits per heavy atom. The summed E-state index contributed by atoms with van der Waals surface area (Å²) >= 11 is 3.30. The third-order valence-electron chi connectivity index (χ3n) is 3.83. The fourth-order valence-electron chi connectivity index (χ4n) is 2.55. The lowest BCUT2D eigenvalue weighted by molar-refractivity contribution is 0.0464. The van der Waals surface area contributed by atoms with Crippen molar-refractivity contribution in [2.45, 2.75) is 13.5 Å². The van der Waals surface area contributed by atoms with Crippen LogP contribution in [-0.2, 0) is 11.3 Å². The summed E-state index contributed by atoms with van der Waals surface area (Å²) in [6.07, 6.45) is 0. The molecule has 0 saturated carbocycles. The molecule has 0 aliphatic carbocycles. The number of hydrogen-bond acceptors (Lipinski definition) is 6. The Labute approximate surface area is 173 Å². The van der Waals surface area contributed by atoms with Crippen LogP contribution in [0.3, 0.4) is 0 Å². The van der Waals surface area contributed by atoms with E-state index in [1.807, 2.05) is 0 Å². The zero-order valence-corrected chi connectivity index (χ0v) is 16.8. The Morgan fingerprint density at radius 2 is 2.00 bits per heavy atom. The van der Waals surface area contributed by atoms with Crippen LogP contribution in [0.25, 0.3) is 0 Å². The molecule has 1 heterocycles. The van der Waals surface area contributed by atoms with Crippen molar-refractivity contribution < 1.29 is 19.4 Å². The Balaban J connectivity index is 1.67. The number of hydrogen-bond donors (Lipinski definition) is 3. The van der Waals surface area contributed by atoms with Crippen molar-refractivity contribution in [1.82, 2.24) is 9.97 Å². The van der Waals surface area contributed by atoms with Crippen molar-refractivity contribution in [3.8, 4) is 5.75 Å². The zero-order valence-electron chi connectivity index (χ0n) is 15.2. The third kappa shape index (κ3) is 5.29. The number of ether oxygens (including phenoxy) is 1. The van der Waals surface area contributed by atoms with Crippen LogP contribution in [-0.4, -0.2) is 27.0 Å². The number of phenolic OH excluding ortho intramolecular Hbond substituents is 1. The van der Waals surface area contributed by atoms with Gasteiger partial charge in [-0.05, 0) is 37.3 Å². The quantitative estimate of drug-likeness (QED) is 0.505. The number of aromatic amines is 1. The van der Waals surface area contributed by atoms with Crippen LogP contribution in [0.1, 0.15) is 32.2 Å². The van der Waals surface area contributed by atoms with Gasteiger partial charge >= 0.3 is 5.97 Å². The van der Waals surface area contributed by atoms with E-state index in [0.29, 0.717) is 17.1 Å². The van der Waals surface area contributed by atoms with Crippen LogP contribution in [0, 0.1) is 6.92 Å². The molecule has 2 aromatic carbocycles. The third-order valence-corrected chi connectivity index (χ3v) is 4.32. The highest BCUT2D eigenvalue weighted by Gasteiger charge is 2.15. The van der Waals surface area contributed by atoms with Crippen molar-refractivity contribution >= 4 is 33.5 Å². The minimum Gasteiger partial charge on any atom is -0.507 e. The molecule has 3 aromatic rings. The molecule has 0 unspecified atom stereocenters. The Morgan fingerprint density at radius 3 is 2.69 bits per heavy atom. The number of aromatic hydroxyl groups is 1. The number of H-pyrrole nitrogens is 1. The number of carbonyl (C=O) groups is 2. The number of amides is 1. The average molecular weight is 458 g/mol. The lowest BCUT2D eigenvalue weighted by atomic mass is 10.1. The molecule has 29 heavy (non-hydrogen) atoms. The van der Waals surface area contributed by atoms with Crippen LogP contribution in [0.15, 0.2) is 57.8 Å². The number of carbonyl (C=O) groups excluding carboxylic acids is 2. The van der Waals surface area contributed by atoms with E-state index in [4.69, 9.17) is 4.74 Å². The SMILES string of the molecule is Cc1nc(COC(=O)c2ccc(NC(=O)c3cccc(Br)c3)cc2O)cc(=O)[nH]1. The van der Waals surface area contributed by atoms with E-state index < -0.39 is 5.97 Å². The topological polar surface area (TPSA) is 121 Å². The molecule has 0 aliphatic heterocycles. The smallest absolute Gasteiger partial charge is 0.342 e. The summed E-state index contributed by atoms with van der Waals surface area (Å²) in [6.45, 7) is 1.39. The predicted octanol–water partition coefficient (Wildman–Crippen LogP) is 3.16. The van der Waals surface area contributed by atoms with E-state index in [0.717, 1.165) is 4.47 Å². The molecule has 0 saturated heterocycles. The van der Waals surface area contributed by atoms with Gasteiger partial charge in [0, 0.05) is 27.9 Å². The molecule has 148 valence electrons. The van der Waals surface area contributed by atoms with Crippen molar-refractivity contribution in [1.29, 1.82) is 0 Å². The van der Waals surface area contributed by atoms with Gasteiger partial charge in [-0.25, -0.2) is 9.78 Å². The first kappa shape index (κ1) is 20.3. The zero-order chi connectivity index (χ0) is 21.0. The molecule has 0 radical (unpaired) electrons. The second-order valence-corrected chi connectivity index (χ2v) is 7.01. The van der Waals surface area contributed by atoms with Gasteiger partial charge in [0.2, 0.25) is 0 Å². The maximum Gasteiger partial charge on any atom is 0.342 e. The van der Waals surface area contributed by atoms with Crippen LogP contribution in [0.5, 0.6) is 5.75 Å². The number of aryl methyl sites for hydroxylation is 1. The van der Waals surface area contributed by atoms with Crippen molar-refractivity contribution in [3.63, 3.8) is 0 Å². The Kier molecular flexibility index (Phi) is 6.08. The molecular weight excluding hydrogens is 442 g/mol. The summed E-state index contributed by atoms with van der Waals surface area (Å²) in [5.41, 5.74) is 0.611. The number of phenols is 1. The second kappa shape index (κ2) is 8.70. The summed E-state index contributed by atoms with van der Waals surface area (Å²) in [5.74, 6) is -1.10. The predicted molar refractivity (Wildman–Crippen MR) is 109 cm³/mol. The van der Waals surface area contributed by atoms with Gasteiger partial charge in [0.25, 0.3) is 11.5 Å². The Bertz CT molecular complexity index is 1140. The number of halogens is 1. The van der Waals surface area contributed by atoms with Gasteiger partial charge in [0.1, 0.15) is 23.7 Å². The Hall–Kier alpha value is -3.46. The number of esters is 1. The fraction of sp³-hybridized carbons (Fsp3) is 0.100. The van der Waals surface area contributed by atoms with Gasteiger partial charge in [-0.1, -0.05) is 22.0 Å². The molecule has 1 aromatic heterocycles. The largest absolute Gasteiger partial charge is 0.507 e. The normalized spacial score (nSPS) is 10.4. The van der Waals surface area contributed by atoms with Crippen LogP contribution < -0.4 is 10.9 Å². The highest BCUT2D eigenvalue weighted by atomic mass is 79.9. The van der Waals surface area contributed by atoms with Gasteiger partial charge in [-0.15, -0.1) is 0 Å². The van der Waals surface area contributed by atoms with E-state index in [2.05, 4.69) is 31.2 Å². The molecule has 0 bridgehead atoms. The number of anilines is 1. The molecule has 0 fully saturated rings. The molecule has 1 amide bonds. The highest BCUT2D eigenvalue weighted by Crippen LogP contribution is 2.24. The lowest BCUT2D eigenvalue weighted by Gasteiger charge is -2.09. The van der Waals surface area contributed by atoms with Crippen LogP contribution in [0.2, 0.25) is 0 Å². The van der Waals surface area contributed by atoms with Gasteiger partial charge < -0.3 is 20.1 Å². The number of aromatic nitrogens is 2. The second-order valence-electron chi connectivity index (χ2n) is 6.09. The first-order valence-electron chi connectivity index (χ1n) is 8.46. The van der Waals surface area contributed by atoms with Crippen LogP contribution >= 0.6 is 15.9 Å². The van der Waals surface area contributed by atoms with E-state index in [1.165, 1.54) is 24.3 Å². The fourth-order valence-corrected chi connectivity index (χ4v) is 2.95. The minimum absolute atomic E-state index is 0.0768. The number of rotatable bonds is 5. The van der Waals surface area contributed by atoms with Gasteiger partial charge in [0.05, 0.1) is 5.69 Å². The van der Waals surface area contributed by atoms with E-state index in [9.17, 15) is 19.5 Å². The summed E-state index contributed by atoms with van der Waals surface area (Å²) in [4.78, 5) is 42.4. The molecular formula is C20H16BrN3O5. The summed E-state index contributed by atoms with van der Waals surface area (Å²) in [7, 11) is 0. The van der Waals surface area contributed by atoms with Crippen LogP contribution in [0.4, 0.5) is 5.69 Å². The lowest BCUT2D eigenvalue weighted by Crippen LogP contribution is -2.14. The number of nitrogens with zero attached hydrogens (tertiary/aromatic N) is 1. The molecule has 3 rings (SSSR count). The van der Waals surface area contributed by atoms with E-state index >= 15 is 0 Å². The minimum atomic E-state index is -0.785. The molecule has 3 N–H and O–H groups in total. The van der Waals surface area contributed by atoms with Crippen molar-refractivity contribution in [2.75, 3.05) is 5.32 Å².